The molecule has 0 aliphatic heterocycles. The van der Waals surface area contributed by atoms with Crippen LogP contribution in [0.5, 0.6) is 0 Å². The molecule has 0 N–H and O–H groups in total. The molecule has 0 saturated carbocycles. The monoisotopic (exact) mass is 247 g/mol. The van der Waals surface area contributed by atoms with Gasteiger partial charge in [-0.3, -0.25) is 4.68 Å². The summed E-state index contributed by atoms with van der Waals surface area (Å²) in [6, 6.07) is 4.19. The van der Waals surface area contributed by atoms with Gasteiger partial charge < -0.3 is 0 Å². The lowest BCUT2D eigenvalue weighted by molar-refractivity contribution is 0.766. The van der Waals surface area contributed by atoms with Crippen molar-refractivity contribution < 1.29 is 0 Å². The first-order valence-corrected chi connectivity index (χ1v) is 6.75. The third kappa shape index (κ3) is 3.89. The van der Waals surface area contributed by atoms with E-state index in [-0.39, 0.29) is 0 Å². The van der Waals surface area contributed by atoms with Gasteiger partial charge in [-0.25, -0.2) is 4.98 Å². The number of nitrogens with zero attached hydrogens (tertiary/aromatic N) is 3. The quantitative estimate of drug-likeness (QED) is 0.601. The van der Waals surface area contributed by atoms with E-state index in [1.54, 1.807) is 0 Å². The molecular weight excluding hydrogens is 230 g/mol. The first kappa shape index (κ1) is 12.2. The van der Waals surface area contributed by atoms with Crippen LogP contribution in [0, 0.1) is 6.92 Å². The third-order valence-electron chi connectivity index (χ3n) is 2.50. The van der Waals surface area contributed by atoms with E-state index >= 15 is 0 Å². The van der Waals surface area contributed by atoms with Crippen molar-refractivity contribution >= 4 is 11.8 Å². The first-order chi connectivity index (χ1) is 8.24. The van der Waals surface area contributed by atoms with Crippen molar-refractivity contribution in [2.75, 3.05) is 5.75 Å². The van der Waals surface area contributed by atoms with Crippen molar-refractivity contribution in [3.63, 3.8) is 0 Å². The molecule has 3 nitrogen and oxygen atoms in total. The van der Waals surface area contributed by atoms with Gasteiger partial charge in [0.1, 0.15) is 0 Å². The first-order valence-electron chi connectivity index (χ1n) is 5.77. The van der Waals surface area contributed by atoms with Crippen LogP contribution in [-0.4, -0.2) is 20.5 Å². The number of rotatable bonds is 5. The van der Waals surface area contributed by atoms with Crippen molar-refractivity contribution in [1.82, 2.24) is 14.8 Å². The molecule has 0 aliphatic rings. The molecule has 2 aromatic heterocycles. The summed E-state index contributed by atoms with van der Waals surface area (Å²) >= 11 is 1.82. The van der Waals surface area contributed by atoms with Gasteiger partial charge in [-0.05, 0) is 42.7 Å². The van der Waals surface area contributed by atoms with Crippen LogP contribution in [0.15, 0.2) is 35.7 Å². The minimum absolute atomic E-state index is 1.09. The highest BCUT2D eigenvalue weighted by molar-refractivity contribution is 7.99. The predicted molar refractivity (Wildman–Crippen MR) is 71.2 cm³/mol. The average molecular weight is 247 g/mol. The average Bonchev–Trinajstić information content (AvgIpc) is 2.73. The van der Waals surface area contributed by atoms with E-state index in [1.807, 2.05) is 35.9 Å². The molecule has 0 saturated heterocycles. The number of aromatic nitrogens is 3. The highest BCUT2D eigenvalue weighted by Crippen LogP contribution is 2.17. The van der Waals surface area contributed by atoms with Crippen LogP contribution < -0.4 is 0 Å². The Morgan fingerprint density at radius 1 is 1.29 bits per heavy atom. The lowest BCUT2D eigenvalue weighted by atomic mass is 10.2. The van der Waals surface area contributed by atoms with E-state index in [9.17, 15) is 0 Å². The van der Waals surface area contributed by atoms with Gasteiger partial charge in [0, 0.05) is 19.4 Å². The topological polar surface area (TPSA) is 30.7 Å². The van der Waals surface area contributed by atoms with Gasteiger partial charge in [-0.15, -0.1) is 11.8 Å². The highest BCUT2D eigenvalue weighted by Gasteiger charge is 1.98. The maximum Gasteiger partial charge on any atom is 0.0960 e. The van der Waals surface area contributed by atoms with E-state index in [2.05, 4.69) is 35.3 Å². The largest absolute Gasteiger partial charge is 0.276 e. The Labute approximate surface area is 106 Å². The zero-order valence-corrected chi connectivity index (χ0v) is 11.1. The molecule has 0 bridgehead atoms. The molecule has 0 spiro atoms. The summed E-state index contributed by atoms with van der Waals surface area (Å²) in [7, 11) is 1.95. The summed E-state index contributed by atoms with van der Waals surface area (Å²) < 4.78 is 1.85. The van der Waals surface area contributed by atoms with Gasteiger partial charge in [-0.1, -0.05) is 6.07 Å². The normalized spacial score (nSPS) is 10.7. The van der Waals surface area contributed by atoms with Crippen molar-refractivity contribution in [3.05, 3.63) is 41.9 Å². The Balaban J connectivity index is 1.71. The second-order valence-electron chi connectivity index (χ2n) is 4.15. The number of pyridine rings is 1. The second-order valence-corrected chi connectivity index (χ2v) is 5.26. The summed E-state index contributed by atoms with van der Waals surface area (Å²) in [5.41, 5.74) is 2.52. The molecule has 2 heterocycles. The van der Waals surface area contributed by atoms with Crippen LogP contribution >= 0.6 is 11.8 Å². The number of hydrogen-bond donors (Lipinski definition) is 0. The minimum atomic E-state index is 1.09. The van der Waals surface area contributed by atoms with E-state index in [1.165, 1.54) is 11.1 Å². The van der Waals surface area contributed by atoms with Gasteiger partial charge in [-0.2, -0.15) is 5.10 Å². The van der Waals surface area contributed by atoms with Crippen molar-refractivity contribution in [1.29, 1.82) is 0 Å². The maximum absolute atomic E-state index is 4.37. The molecule has 0 unspecified atom stereocenters. The van der Waals surface area contributed by atoms with Crippen LogP contribution in [0.3, 0.4) is 0 Å². The lowest BCUT2D eigenvalue weighted by Gasteiger charge is -2.00. The minimum Gasteiger partial charge on any atom is -0.276 e. The molecule has 0 fully saturated rings. The smallest absolute Gasteiger partial charge is 0.0960 e. The fourth-order valence-corrected chi connectivity index (χ4v) is 2.38. The maximum atomic E-state index is 4.37. The summed E-state index contributed by atoms with van der Waals surface area (Å²) in [6.07, 6.45) is 8.19. The van der Waals surface area contributed by atoms with E-state index in [4.69, 9.17) is 0 Å². The summed E-state index contributed by atoms with van der Waals surface area (Å²) in [4.78, 5) is 4.37. The van der Waals surface area contributed by atoms with Crippen LogP contribution in [0.4, 0.5) is 0 Å². The van der Waals surface area contributed by atoms with Gasteiger partial charge in [0.25, 0.3) is 0 Å². The summed E-state index contributed by atoms with van der Waals surface area (Å²) in [5.74, 6) is 1.10. The Hall–Kier alpha value is -1.29. The fraction of sp³-hybridized carbons (Fsp3) is 0.385. The zero-order valence-electron chi connectivity index (χ0n) is 10.3. The molecule has 0 radical (unpaired) electrons. The standard InChI is InChI=1S/C13H17N3S/c1-11-5-6-13(14-8-11)17-7-3-4-12-9-15-16(2)10-12/h5-6,8-10H,3-4,7H2,1-2H3. The molecule has 0 amide bonds. The molecule has 0 aliphatic carbocycles. The Bertz CT molecular complexity index is 462. The highest BCUT2D eigenvalue weighted by atomic mass is 32.2. The van der Waals surface area contributed by atoms with E-state index < -0.39 is 0 Å². The molecule has 17 heavy (non-hydrogen) atoms. The number of thioether (sulfide) groups is 1. The summed E-state index contributed by atoms with van der Waals surface area (Å²) in [5, 5.41) is 5.27. The van der Waals surface area contributed by atoms with Gasteiger partial charge in [0.05, 0.1) is 11.2 Å². The van der Waals surface area contributed by atoms with Crippen LogP contribution in [-0.2, 0) is 13.5 Å². The Kier molecular flexibility index (Phi) is 4.20. The molecule has 2 aromatic rings. The van der Waals surface area contributed by atoms with Crippen molar-refractivity contribution in [2.45, 2.75) is 24.8 Å². The van der Waals surface area contributed by atoms with Crippen LogP contribution in [0.2, 0.25) is 0 Å². The molecular formula is C13H17N3S. The third-order valence-corrected chi connectivity index (χ3v) is 3.53. The molecule has 4 heteroatoms. The molecule has 90 valence electrons. The lowest BCUT2D eigenvalue weighted by Crippen LogP contribution is -1.88. The zero-order chi connectivity index (χ0) is 12.1. The Morgan fingerprint density at radius 2 is 2.18 bits per heavy atom. The SMILES string of the molecule is Cc1ccc(SCCCc2cnn(C)c2)nc1. The van der Waals surface area contributed by atoms with Gasteiger partial charge >= 0.3 is 0 Å². The Morgan fingerprint density at radius 3 is 2.82 bits per heavy atom. The van der Waals surface area contributed by atoms with Gasteiger partial charge in [0.2, 0.25) is 0 Å². The molecule has 0 atom stereocenters. The van der Waals surface area contributed by atoms with Crippen molar-refractivity contribution in [2.24, 2.45) is 7.05 Å². The van der Waals surface area contributed by atoms with Gasteiger partial charge in [0.15, 0.2) is 0 Å². The van der Waals surface area contributed by atoms with E-state index in [0.717, 1.165) is 23.6 Å². The summed E-state index contributed by atoms with van der Waals surface area (Å²) in [6.45, 7) is 2.06. The van der Waals surface area contributed by atoms with Crippen LogP contribution in [0.25, 0.3) is 0 Å². The van der Waals surface area contributed by atoms with Crippen LogP contribution in [0.1, 0.15) is 17.5 Å². The van der Waals surface area contributed by atoms with E-state index in [0.29, 0.717) is 0 Å². The fourth-order valence-electron chi connectivity index (χ4n) is 1.59. The number of hydrogen-bond acceptors (Lipinski definition) is 3. The molecule has 0 aromatic carbocycles. The molecule has 2 rings (SSSR count). The predicted octanol–water partition coefficient (Wildman–Crippen LogP) is 2.85. The second kappa shape index (κ2) is 5.87. The van der Waals surface area contributed by atoms with Crippen molar-refractivity contribution in [3.8, 4) is 0 Å². The number of aryl methyl sites for hydroxylation is 3.